The lowest BCUT2D eigenvalue weighted by Crippen LogP contribution is -2.54. The molecule has 8 heteroatoms. The normalized spacial score (nSPS) is 22.3. The molecular formula is C27H40FN3O3S. The van der Waals surface area contributed by atoms with Gasteiger partial charge in [-0.3, -0.25) is 0 Å². The van der Waals surface area contributed by atoms with Crippen molar-refractivity contribution in [1.29, 1.82) is 0 Å². The lowest BCUT2D eigenvalue weighted by atomic mass is 9.86. The summed E-state index contributed by atoms with van der Waals surface area (Å²) >= 11 is 0. The molecule has 194 valence electrons. The highest BCUT2D eigenvalue weighted by Gasteiger charge is 2.39. The number of nitrogens with one attached hydrogen (secondary N) is 2. The molecule has 1 aliphatic rings. The minimum Gasteiger partial charge on any atom is -0.391 e. The lowest BCUT2D eigenvalue weighted by molar-refractivity contribution is 0.0781. The molecule has 35 heavy (non-hydrogen) atoms. The predicted molar refractivity (Wildman–Crippen MR) is 141 cm³/mol. The minimum absolute atomic E-state index is 0.0154. The number of nitrogens with zero attached hydrogens (tertiary/aromatic N) is 1. The first-order valence-electron chi connectivity index (χ1n) is 12.2. The number of hydrogen-bond acceptors (Lipinski definition) is 6. The fraction of sp³-hybridized carbons (Fsp3) is 0.556. The Balaban J connectivity index is 1.66. The van der Waals surface area contributed by atoms with Gasteiger partial charge < -0.3 is 20.6 Å². The molecule has 2 aromatic carbocycles. The van der Waals surface area contributed by atoms with Crippen molar-refractivity contribution in [1.82, 2.24) is 10.2 Å². The van der Waals surface area contributed by atoms with Crippen LogP contribution in [0.25, 0.3) is 0 Å². The number of hydrogen-bond donors (Lipinski definition) is 3. The fourth-order valence-corrected chi connectivity index (χ4v) is 6.46. The van der Waals surface area contributed by atoms with E-state index in [4.69, 9.17) is 0 Å². The summed E-state index contributed by atoms with van der Waals surface area (Å²) in [4.78, 5) is 2.01. The van der Waals surface area contributed by atoms with Crippen LogP contribution in [0.4, 0.5) is 10.1 Å². The summed E-state index contributed by atoms with van der Waals surface area (Å²) in [6.07, 6.45) is -0.544. The highest BCUT2D eigenvalue weighted by Crippen LogP contribution is 2.26. The molecule has 3 N–H and O–H groups in total. The number of anilines is 1. The predicted octanol–water partition coefficient (Wildman–Crippen LogP) is 3.20. The Hall–Kier alpha value is -2.00. The van der Waals surface area contributed by atoms with E-state index in [0.29, 0.717) is 30.8 Å². The van der Waals surface area contributed by atoms with Crippen molar-refractivity contribution in [2.24, 2.45) is 5.92 Å². The fourth-order valence-electron chi connectivity index (χ4n) is 4.50. The van der Waals surface area contributed by atoms with Gasteiger partial charge in [0, 0.05) is 31.6 Å². The van der Waals surface area contributed by atoms with Crippen molar-refractivity contribution in [3.63, 3.8) is 0 Å². The molecule has 1 heterocycles. The van der Waals surface area contributed by atoms with Crippen molar-refractivity contribution < 1.29 is 17.9 Å². The van der Waals surface area contributed by atoms with Crippen LogP contribution in [0.1, 0.15) is 37.5 Å². The second-order valence-corrected chi connectivity index (χ2v) is 13.2. The molecule has 0 saturated carbocycles. The molecular weight excluding hydrogens is 465 g/mol. The number of aliphatic hydroxyl groups is 1. The van der Waals surface area contributed by atoms with E-state index in [1.807, 2.05) is 31.1 Å². The topological polar surface area (TPSA) is 81.7 Å². The molecule has 2 aromatic rings. The van der Waals surface area contributed by atoms with Gasteiger partial charge >= 0.3 is 0 Å². The molecule has 0 aliphatic carbocycles. The summed E-state index contributed by atoms with van der Waals surface area (Å²) in [5.74, 6) is -1.08. The van der Waals surface area contributed by atoms with Crippen LogP contribution in [0.15, 0.2) is 42.5 Å². The number of halogens is 1. The monoisotopic (exact) mass is 505 g/mol. The molecule has 0 unspecified atom stereocenters. The van der Waals surface area contributed by atoms with Crippen LogP contribution in [0.2, 0.25) is 0 Å². The smallest absolute Gasteiger partial charge is 0.152 e. The quantitative estimate of drug-likeness (QED) is 0.486. The van der Waals surface area contributed by atoms with Crippen LogP contribution in [0.3, 0.4) is 0 Å². The molecule has 0 amide bonds. The van der Waals surface area contributed by atoms with Crippen molar-refractivity contribution in [2.75, 3.05) is 44.0 Å². The second-order valence-electron chi connectivity index (χ2n) is 11.0. The summed E-state index contributed by atoms with van der Waals surface area (Å²) in [7, 11) is 0.567. The van der Waals surface area contributed by atoms with E-state index in [2.05, 4.69) is 43.5 Å². The average molecular weight is 506 g/mol. The Bertz CT molecular complexity index is 1100. The molecule has 0 bridgehead atoms. The molecule has 0 radical (unpaired) electrons. The molecule has 0 aromatic heterocycles. The Morgan fingerprint density at radius 1 is 1.09 bits per heavy atom. The van der Waals surface area contributed by atoms with E-state index in [1.54, 1.807) is 12.1 Å². The van der Waals surface area contributed by atoms with Gasteiger partial charge in [0.05, 0.1) is 23.3 Å². The molecule has 3 atom stereocenters. The number of rotatable bonds is 9. The van der Waals surface area contributed by atoms with Crippen LogP contribution in [-0.2, 0) is 28.2 Å². The molecule has 6 nitrogen and oxygen atoms in total. The largest absolute Gasteiger partial charge is 0.391 e. The zero-order valence-corrected chi connectivity index (χ0v) is 22.3. The number of benzene rings is 2. The molecule has 3 rings (SSSR count). The van der Waals surface area contributed by atoms with Gasteiger partial charge in [0.2, 0.25) is 0 Å². The summed E-state index contributed by atoms with van der Waals surface area (Å²) in [6, 6.07) is 12.5. The van der Waals surface area contributed by atoms with E-state index < -0.39 is 27.9 Å². The standard InChI is InChI=1S/C27H40FN3O3S/c1-27(2,3)22-8-6-7-20(14-22)16-30-25-18-35(33,34)17-21(26(25)32)13-19-9-10-24(23(28)15-19)29-11-12-31(4)5/h6-10,14-15,21,25-26,29-30,32H,11-13,16-18H2,1-5H3/t21-,25+,26+/m1/s1. The maximum Gasteiger partial charge on any atom is 0.152 e. The van der Waals surface area contributed by atoms with Crippen LogP contribution in [-0.4, -0.2) is 69.3 Å². The van der Waals surface area contributed by atoms with Crippen molar-refractivity contribution >= 4 is 15.5 Å². The van der Waals surface area contributed by atoms with Gasteiger partial charge in [-0.05, 0) is 54.8 Å². The third kappa shape index (κ3) is 8.00. The second kappa shape index (κ2) is 11.4. The zero-order chi connectivity index (χ0) is 25.8. The van der Waals surface area contributed by atoms with Gasteiger partial charge in [-0.1, -0.05) is 51.1 Å². The minimum atomic E-state index is -3.34. The van der Waals surface area contributed by atoms with Crippen molar-refractivity contribution in [2.45, 2.75) is 51.3 Å². The molecule has 1 aliphatic heterocycles. The Morgan fingerprint density at radius 2 is 1.83 bits per heavy atom. The van der Waals surface area contributed by atoms with Gasteiger partial charge in [-0.15, -0.1) is 0 Å². The first-order chi connectivity index (χ1) is 16.3. The van der Waals surface area contributed by atoms with E-state index in [1.165, 1.54) is 11.6 Å². The maximum atomic E-state index is 14.6. The summed E-state index contributed by atoms with van der Waals surface area (Å²) in [5, 5.41) is 17.4. The first-order valence-corrected chi connectivity index (χ1v) is 14.0. The van der Waals surface area contributed by atoms with Crippen LogP contribution in [0.5, 0.6) is 0 Å². The van der Waals surface area contributed by atoms with Gasteiger partial charge in [0.25, 0.3) is 0 Å². The SMILES string of the molecule is CN(C)CCNc1ccc(C[C@@H]2CS(=O)(=O)C[C@H](NCc3cccc(C(C)(C)C)c3)[C@H]2O)cc1F. The van der Waals surface area contributed by atoms with E-state index in [-0.39, 0.29) is 22.7 Å². The third-order valence-corrected chi connectivity index (χ3v) is 8.37. The number of sulfone groups is 1. The highest BCUT2D eigenvalue weighted by molar-refractivity contribution is 7.91. The van der Waals surface area contributed by atoms with Crippen LogP contribution >= 0.6 is 0 Å². The summed E-state index contributed by atoms with van der Waals surface area (Å²) < 4.78 is 39.9. The highest BCUT2D eigenvalue weighted by atomic mass is 32.2. The zero-order valence-electron chi connectivity index (χ0n) is 21.5. The number of aliphatic hydroxyl groups excluding tert-OH is 1. The van der Waals surface area contributed by atoms with E-state index in [9.17, 15) is 17.9 Å². The third-order valence-electron chi connectivity index (χ3n) is 6.56. The summed E-state index contributed by atoms with van der Waals surface area (Å²) in [6.45, 7) is 8.32. The van der Waals surface area contributed by atoms with Crippen LogP contribution < -0.4 is 10.6 Å². The Kier molecular flexibility index (Phi) is 8.96. The number of likely N-dealkylation sites (N-methyl/N-ethyl adjacent to an activating group) is 1. The van der Waals surface area contributed by atoms with Crippen molar-refractivity contribution in [3.8, 4) is 0 Å². The summed E-state index contributed by atoms with van der Waals surface area (Å²) in [5.41, 5.74) is 3.36. The Morgan fingerprint density at radius 3 is 2.49 bits per heavy atom. The van der Waals surface area contributed by atoms with E-state index >= 15 is 0 Å². The van der Waals surface area contributed by atoms with Gasteiger partial charge in [-0.25, -0.2) is 12.8 Å². The first kappa shape index (κ1) is 27.6. The van der Waals surface area contributed by atoms with Gasteiger partial charge in [0.1, 0.15) is 5.82 Å². The maximum absolute atomic E-state index is 14.6. The van der Waals surface area contributed by atoms with Crippen molar-refractivity contribution in [3.05, 3.63) is 65.0 Å². The Labute approximate surface area is 209 Å². The molecule has 1 saturated heterocycles. The van der Waals surface area contributed by atoms with E-state index in [0.717, 1.165) is 12.1 Å². The average Bonchev–Trinajstić information content (AvgIpc) is 2.75. The van der Waals surface area contributed by atoms with Gasteiger partial charge in [0.15, 0.2) is 9.84 Å². The lowest BCUT2D eigenvalue weighted by Gasteiger charge is -2.35. The van der Waals surface area contributed by atoms with Crippen LogP contribution in [0, 0.1) is 11.7 Å². The molecule has 1 fully saturated rings. The van der Waals surface area contributed by atoms with Gasteiger partial charge in [-0.2, -0.15) is 0 Å². The molecule has 0 spiro atoms.